The van der Waals surface area contributed by atoms with Crippen molar-refractivity contribution in [1.29, 1.82) is 0 Å². The van der Waals surface area contributed by atoms with Crippen LogP contribution < -0.4 is 10.2 Å². The molecule has 0 saturated carbocycles. The van der Waals surface area contributed by atoms with Gasteiger partial charge in [0.25, 0.3) is 5.91 Å². The Bertz CT molecular complexity index is 1010. The number of rotatable bonds is 5. The summed E-state index contributed by atoms with van der Waals surface area (Å²) < 4.78 is 0. The number of anilines is 3. The molecule has 2 heterocycles. The molecule has 6 heteroatoms. The van der Waals surface area contributed by atoms with E-state index in [0.29, 0.717) is 30.4 Å². The van der Waals surface area contributed by atoms with Crippen LogP contribution in [0.3, 0.4) is 0 Å². The first-order valence-electron chi connectivity index (χ1n) is 9.56. The van der Waals surface area contributed by atoms with Crippen LogP contribution in [0.1, 0.15) is 15.9 Å². The van der Waals surface area contributed by atoms with Crippen LogP contribution in [0.25, 0.3) is 0 Å². The van der Waals surface area contributed by atoms with E-state index >= 15 is 0 Å². The van der Waals surface area contributed by atoms with Gasteiger partial charge in [0.05, 0.1) is 6.04 Å². The minimum absolute atomic E-state index is 0.0863. The van der Waals surface area contributed by atoms with Crippen LogP contribution in [0.5, 0.6) is 0 Å². The van der Waals surface area contributed by atoms with E-state index in [0.717, 1.165) is 11.3 Å². The fourth-order valence-corrected chi connectivity index (χ4v) is 3.57. The number of aromatic nitrogens is 2. The number of para-hydroxylation sites is 1. The van der Waals surface area contributed by atoms with Crippen molar-refractivity contribution in [3.63, 3.8) is 0 Å². The lowest BCUT2D eigenvalue weighted by atomic mass is 10.1. The van der Waals surface area contributed by atoms with Crippen molar-refractivity contribution in [1.82, 2.24) is 14.9 Å². The molecule has 4 rings (SSSR count). The normalized spacial score (nSPS) is 16.2. The molecule has 1 aromatic heterocycles. The Balaban J connectivity index is 1.83. The topological polar surface area (TPSA) is 61.4 Å². The second-order valence-electron chi connectivity index (χ2n) is 6.86. The zero-order valence-electron chi connectivity index (χ0n) is 16.3. The van der Waals surface area contributed by atoms with E-state index < -0.39 is 0 Å². The van der Waals surface area contributed by atoms with Crippen molar-refractivity contribution in [2.24, 2.45) is 0 Å². The largest absolute Gasteiger partial charge is 0.357 e. The van der Waals surface area contributed by atoms with Gasteiger partial charge in [0.2, 0.25) is 5.95 Å². The van der Waals surface area contributed by atoms with Gasteiger partial charge >= 0.3 is 0 Å². The molecule has 0 spiro atoms. The average Bonchev–Trinajstić information content (AvgIpc) is 2.89. The monoisotopic (exact) mass is 385 g/mol. The lowest BCUT2D eigenvalue weighted by Gasteiger charge is -2.31. The van der Waals surface area contributed by atoms with Gasteiger partial charge in [-0.1, -0.05) is 54.6 Å². The van der Waals surface area contributed by atoms with Crippen LogP contribution in [0, 0.1) is 0 Å². The lowest BCUT2D eigenvalue weighted by Crippen LogP contribution is -2.39. The Kier molecular flexibility index (Phi) is 5.24. The van der Waals surface area contributed by atoms with E-state index in [9.17, 15) is 4.79 Å². The maximum atomic E-state index is 13.4. The number of hydrogen-bond donors (Lipinski definition) is 1. The smallest absolute Gasteiger partial charge is 0.259 e. The summed E-state index contributed by atoms with van der Waals surface area (Å²) in [5.41, 5.74) is 2.51. The first kappa shape index (κ1) is 18.7. The highest BCUT2D eigenvalue weighted by molar-refractivity contribution is 6.00. The van der Waals surface area contributed by atoms with Crippen molar-refractivity contribution in [3.8, 4) is 0 Å². The summed E-state index contributed by atoms with van der Waals surface area (Å²) in [4.78, 5) is 26.3. The van der Waals surface area contributed by atoms with Gasteiger partial charge in [-0.2, -0.15) is 4.98 Å². The second-order valence-corrected chi connectivity index (χ2v) is 6.86. The molecule has 1 aliphatic rings. The molecule has 0 saturated heterocycles. The molecule has 0 unspecified atom stereocenters. The van der Waals surface area contributed by atoms with Gasteiger partial charge in [-0.15, -0.1) is 6.58 Å². The molecule has 6 nitrogen and oxygen atoms in total. The summed E-state index contributed by atoms with van der Waals surface area (Å²) in [6.07, 6.45) is 3.48. The number of hydrogen-bond acceptors (Lipinski definition) is 5. The van der Waals surface area contributed by atoms with Crippen molar-refractivity contribution in [3.05, 3.63) is 90.6 Å². The fourth-order valence-electron chi connectivity index (χ4n) is 3.57. The summed E-state index contributed by atoms with van der Waals surface area (Å²) in [6.45, 7) is 5.06. The number of amides is 1. The summed E-state index contributed by atoms with van der Waals surface area (Å²) in [6, 6.07) is 19.8. The predicted octanol–water partition coefficient (Wildman–Crippen LogP) is 3.87. The molecule has 2 aromatic carbocycles. The van der Waals surface area contributed by atoms with Crippen molar-refractivity contribution >= 4 is 23.4 Å². The van der Waals surface area contributed by atoms with Crippen LogP contribution in [0.15, 0.2) is 79.5 Å². The van der Waals surface area contributed by atoms with Crippen LogP contribution in [0.2, 0.25) is 0 Å². The van der Waals surface area contributed by atoms with Gasteiger partial charge in [-0.3, -0.25) is 4.79 Å². The highest BCUT2D eigenvalue weighted by Gasteiger charge is 2.34. The highest BCUT2D eigenvalue weighted by atomic mass is 16.2. The van der Waals surface area contributed by atoms with E-state index in [1.54, 1.807) is 13.2 Å². The second kappa shape index (κ2) is 8.14. The number of carbonyl (C=O) groups is 1. The lowest BCUT2D eigenvalue weighted by molar-refractivity contribution is 0.0747. The summed E-state index contributed by atoms with van der Waals surface area (Å²) in [5.74, 6) is 0.967. The third kappa shape index (κ3) is 3.69. The summed E-state index contributed by atoms with van der Waals surface area (Å²) >= 11 is 0. The number of nitrogens with zero attached hydrogens (tertiary/aromatic N) is 4. The summed E-state index contributed by atoms with van der Waals surface area (Å²) in [5, 5.41) is 2.97. The summed E-state index contributed by atoms with van der Waals surface area (Å²) in [7, 11) is 1.76. The zero-order valence-corrected chi connectivity index (χ0v) is 16.3. The standard InChI is InChI=1S/C23H23N5O/c1-3-18-16-27(15-17-10-6-4-7-11-17)22(29)20-14-25-23(24-2)26-21(20)28(18)19-12-8-5-9-13-19/h3-14,18H,1,15-16H2,2H3,(H,24,25,26)/t18-/m1/s1. The highest BCUT2D eigenvalue weighted by Crippen LogP contribution is 2.34. The van der Waals surface area contributed by atoms with E-state index in [2.05, 4.69) is 26.8 Å². The number of fused-ring (bicyclic) bond motifs is 1. The van der Waals surface area contributed by atoms with Gasteiger partial charge < -0.3 is 15.1 Å². The Morgan fingerprint density at radius 3 is 2.48 bits per heavy atom. The number of nitrogens with one attached hydrogen (secondary N) is 1. The molecular weight excluding hydrogens is 362 g/mol. The van der Waals surface area contributed by atoms with Crippen LogP contribution in [-0.4, -0.2) is 40.4 Å². The molecule has 1 aliphatic heterocycles. The Morgan fingerprint density at radius 1 is 1.14 bits per heavy atom. The van der Waals surface area contributed by atoms with Gasteiger partial charge in [0.15, 0.2) is 5.82 Å². The minimum Gasteiger partial charge on any atom is -0.357 e. The SMILES string of the molecule is C=C[C@@H]1CN(Cc2ccccc2)C(=O)c2cnc(NC)nc2N1c1ccccc1. The molecule has 0 fully saturated rings. The van der Waals surface area contributed by atoms with Crippen molar-refractivity contribution in [2.45, 2.75) is 12.6 Å². The Morgan fingerprint density at radius 2 is 1.83 bits per heavy atom. The van der Waals surface area contributed by atoms with Crippen molar-refractivity contribution < 1.29 is 4.79 Å². The molecular formula is C23H23N5O. The van der Waals surface area contributed by atoms with Crippen LogP contribution in [0.4, 0.5) is 17.5 Å². The molecule has 146 valence electrons. The average molecular weight is 385 g/mol. The molecule has 0 radical (unpaired) electrons. The van der Waals surface area contributed by atoms with Crippen LogP contribution in [-0.2, 0) is 6.54 Å². The van der Waals surface area contributed by atoms with Gasteiger partial charge in [0, 0.05) is 32.0 Å². The Labute approximate surface area is 170 Å². The third-order valence-electron chi connectivity index (χ3n) is 5.00. The predicted molar refractivity (Wildman–Crippen MR) is 115 cm³/mol. The minimum atomic E-state index is -0.133. The maximum absolute atomic E-state index is 13.4. The van der Waals surface area contributed by atoms with E-state index in [1.165, 1.54) is 0 Å². The number of carbonyl (C=O) groups excluding carboxylic acids is 1. The van der Waals surface area contributed by atoms with E-state index in [4.69, 9.17) is 0 Å². The maximum Gasteiger partial charge on any atom is 0.259 e. The van der Waals surface area contributed by atoms with E-state index in [-0.39, 0.29) is 11.9 Å². The zero-order chi connectivity index (χ0) is 20.2. The van der Waals surface area contributed by atoms with Gasteiger partial charge in [-0.05, 0) is 17.7 Å². The van der Waals surface area contributed by atoms with Crippen LogP contribution >= 0.6 is 0 Å². The molecule has 0 bridgehead atoms. The van der Waals surface area contributed by atoms with Crippen molar-refractivity contribution in [2.75, 3.05) is 23.8 Å². The molecule has 3 aromatic rings. The first-order valence-corrected chi connectivity index (χ1v) is 9.56. The number of benzene rings is 2. The third-order valence-corrected chi connectivity index (χ3v) is 5.00. The molecule has 0 aliphatic carbocycles. The molecule has 1 N–H and O–H groups in total. The molecule has 1 atom stereocenters. The fraction of sp³-hybridized carbons (Fsp3) is 0.174. The Hall–Kier alpha value is -3.67. The van der Waals surface area contributed by atoms with E-state index in [1.807, 2.05) is 71.6 Å². The quantitative estimate of drug-likeness (QED) is 0.676. The molecule has 1 amide bonds. The van der Waals surface area contributed by atoms with Gasteiger partial charge in [-0.25, -0.2) is 4.98 Å². The van der Waals surface area contributed by atoms with Gasteiger partial charge in [0.1, 0.15) is 5.56 Å². The first-order chi connectivity index (χ1) is 14.2. The molecule has 29 heavy (non-hydrogen) atoms.